The van der Waals surface area contributed by atoms with Gasteiger partial charge in [0.15, 0.2) is 0 Å². The predicted octanol–water partition coefficient (Wildman–Crippen LogP) is 2.35. The molecule has 4 rings (SSSR count). The van der Waals surface area contributed by atoms with Gasteiger partial charge in [-0.15, -0.1) is 0 Å². The second kappa shape index (κ2) is 5.54. The Hall–Kier alpha value is -2.20. The highest BCUT2D eigenvalue weighted by Gasteiger charge is 2.43. The number of hydrogen-bond acceptors (Lipinski definition) is 4. The van der Waals surface area contributed by atoms with Gasteiger partial charge in [-0.1, -0.05) is 30.3 Å². The molecule has 2 saturated heterocycles. The molecule has 112 valence electrons. The maximum atomic E-state index is 11.6. The van der Waals surface area contributed by atoms with Crippen molar-refractivity contribution < 1.29 is 9.53 Å². The van der Waals surface area contributed by atoms with E-state index in [0.29, 0.717) is 12.5 Å². The summed E-state index contributed by atoms with van der Waals surface area (Å²) < 4.78 is 5.11. The third-order valence-electron chi connectivity index (χ3n) is 4.58. The average Bonchev–Trinajstić information content (AvgIpc) is 3.11. The molecule has 4 nitrogen and oxygen atoms in total. The first kappa shape index (κ1) is 13.5. The number of fused-ring (bicyclic) bond motifs is 1. The van der Waals surface area contributed by atoms with Gasteiger partial charge in [0, 0.05) is 37.3 Å². The molecule has 2 aliphatic rings. The molecule has 0 amide bonds. The lowest BCUT2D eigenvalue weighted by molar-refractivity contribution is -0.141. The Morgan fingerprint density at radius 2 is 2.00 bits per heavy atom. The molecule has 0 radical (unpaired) electrons. The summed E-state index contributed by atoms with van der Waals surface area (Å²) in [6.07, 6.45) is 1.81. The summed E-state index contributed by atoms with van der Waals surface area (Å²) in [5.74, 6) is 0.464. The van der Waals surface area contributed by atoms with Crippen molar-refractivity contribution in [3.05, 3.63) is 54.2 Å². The lowest BCUT2D eigenvalue weighted by Gasteiger charge is -2.16. The quantitative estimate of drug-likeness (QED) is 0.815. The molecule has 1 aromatic carbocycles. The van der Waals surface area contributed by atoms with E-state index >= 15 is 0 Å². The molecule has 2 aromatic rings. The summed E-state index contributed by atoms with van der Waals surface area (Å²) in [6.45, 7) is 3.27. The number of hydrogen-bond donors (Lipinski definition) is 0. The number of esters is 1. The Morgan fingerprint density at radius 3 is 2.73 bits per heavy atom. The fourth-order valence-corrected chi connectivity index (χ4v) is 3.39. The number of nitrogens with zero attached hydrogens (tertiary/aromatic N) is 2. The number of aromatic nitrogens is 1. The van der Waals surface area contributed by atoms with Gasteiger partial charge in [0.25, 0.3) is 0 Å². The van der Waals surface area contributed by atoms with Crippen LogP contribution in [-0.2, 0) is 16.1 Å². The first-order valence-corrected chi connectivity index (χ1v) is 7.69. The van der Waals surface area contributed by atoms with Gasteiger partial charge in [0.05, 0.1) is 18.2 Å². The van der Waals surface area contributed by atoms with Crippen LogP contribution in [0.2, 0.25) is 0 Å². The van der Waals surface area contributed by atoms with E-state index in [1.54, 1.807) is 0 Å². The van der Waals surface area contributed by atoms with Gasteiger partial charge in [0.1, 0.15) is 0 Å². The van der Waals surface area contributed by atoms with E-state index in [2.05, 4.69) is 34.1 Å². The van der Waals surface area contributed by atoms with Gasteiger partial charge in [-0.3, -0.25) is 14.7 Å². The largest absolute Gasteiger partial charge is 0.465 e. The van der Waals surface area contributed by atoms with Crippen molar-refractivity contribution in [1.29, 1.82) is 0 Å². The minimum Gasteiger partial charge on any atom is -0.465 e. The number of carbonyl (C=O) groups excluding carboxylic acids is 1. The molecule has 22 heavy (non-hydrogen) atoms. The zero-order valence-electron chi connectivity index (χ0n) is 12.3. The topological polar surface area (TPSA) is 42.4 Å². The van der Waals surface area contributed by atoms with Crippen LogP contribution in [0.3, 0.4) is 0 Å². The summed E-state index contributed by atoms with van der Waals surface area (Å²) >= 11 is 0. The fourth-order valence-electron chi connectivity index (χ4n) is 3.39. The molecule has 2 fully saturated rings. The van der Waals surface area contributed by atoms with Crippen LogP contribution in [0.1, 0.15) is 5.56 Å². The SMILES string of the molecule is O=C1OC[C@H]2CN(Cc3ccc(-c4ccccn4)cc3)C[C@@H]12. The van der Waals surface area contributed by atoms with Crippen molar-refractivity contribution in [3.63, 3.8) is 0 Å². The van der Waals surface area contributed by atoms with E-state index in [1.807, 2.05) is 24.4 Å². The molecule has 0 saturated carbocycles. The van der Waals surface area contributed by atoms with Gasteiger partial charge in [-0.05, 0) is 17.7 Å². The van der Waals surface area contributed by atoms with Crippen molar-refractivity contribution in [2.75, 3.05) is 19.7 Å². The van der Waals surface area contributed by atoms with Crippen molar-refractivity contribution in [2.45, 2.75) is 6.54 Å². The first-order valence-electron chi connectivity index (χ1n) is 7.69. The molecule has 4 heteroatoms. The molecule has 0 bridgehead atoms. The molecule has 3 heterocycles. The second-order valence-corrected chi connectivity index (χ2v) is 6.10. The van der Waals surface area contributed by atoms with Gasteiger partial charge < -0.3 is 4.74 Å². The van der Waals surface area contributed by atoms with Crippen LogP contribution in [0.5, 0.6) is 0 Å². The number of ether oxygens (including phenoxy) is 1. The molecule has 2 aliphatic heterocycles. The number of pyridine rings is 1. The summed E-state index contributed by atoms with van der Waals surface area (Å²) in [5, 5.41) is 0. The summed E-state index contributed by atoms with van der Waals surface area (Å²) in [7, 11) is 0. The van der Waals surface area contributed by atoms with Gasteiger partial charge in [-0.25, -0.2) is 0 Å². The fraction of sp³-hybridized carbons (Fsp3) is 0.333. The van der Waals surface area contributed by atoms with Crippen LogP contribution in [-0.4, -0.2) is 35.5 Å². The van der Waals surface area contributed by atoms with Crippen LogP contribution < -0.4 is 0 Å². The maximum Gasteiger partial charge on any atom is 0.310 e. The predicted molar refractivity (Wildman–Crippen MR) is 82.9 cm³/mol. The van der Waals surface area contributed by atoms with Crippen molar-refractivity contribution in [1.82, 2.24) is 9.88 Å². The zero-order valence-corrected chi connectivity index (χ0v) is 12.3. The molecular formula is C18H18N2O2. The van der Waals surface area contributed by atoms with Crippen molar-refractivity contribution in [2.24, 2.45) is 11.8 Å². The molecule has 0 spiro atoms. The average molecular weight is 294 g/mol. The third kappa shape index (κ3) is 2.50. The van der Waals surface area contributed by atoms with Gasteiger partial charge in [-0.2, -0.15) is 0 Å². The zero-order chi connectivity index (χ0) is 14.9. The molecule has 2 atom stereocenters. The summed E-state index contributed by atoms with van der Waals surface area (Å²) in [5.41, 5.74) is 3.40. The Labute approximate surface area is 129 Å². The normalized spacial score (nSPS) is 24.3. The van der Waals surface area contributed by atoms with Crippen LogP contribution in [0.25, 0.3) is 11.3 Å². The number of likely N-dealkylation sites (tertiary alicyclic amines) is 1. The molecule has 0 N–H and O–H groups in total. The van der Waals surface area contributed by atoms with E-state index in [0.717, 1.165) is 30.9 Å². The van der Waals surface area contributed by atoms with Crippen LogP contribution in [0.4, 0.5) is 0 Å². The number of benzene rings is 1. The van der Waals surface area contributed by atoms with E-state index in [1.165, 1.54) is 5.56 Å². The molecular weight excluding hydrogens is 276 g/mol. The summed E-state index contributed by atoms with van der Waals surface area (Å²) in [6, 6.07) is 14.5. The van der Waals surface area contributed by atoms with Crippen LogP contribution in [0, 0.1) is 11.8 Å². The highest BCUT2D eigenvalue weighted by Crippen LogP contribution is 2.31. The van der Waals surface area contributed by atoms with Crippen LogP contribution in [0.15, 0.2) is 48.7 Å². The summed E-state index contributed by atoms with van der Waals surface area (Å²) in [4.78, 5) is 18.3. The maximum absolute atomic E-state index is 11.6. The Balaban J connectivity index is 1.43. The minimum absolute atomic E-state index is 0.0157. The Morgan fingerprint density at radius 1 is 1.14 bits per heavy atom. The molecule has 0 unspecified atom stereocenters. The molecule has 1 aromatic heterocycles. The van der Waals surface area contributed by atoms with Gasteiger partial charge >= 0.3 is 5.97 Å². The molecule has 0 aliphatic carbocycles. The Bertz CT molecular complexity index is 669. The highest BCUT2D eigenvalue weighted by atomic mass is 16.5. The lowest BCUT2D eigenvalue weighted by atomic mass is 10.0. The number of carbonyl (C=O) groups is 1. The number of cyclic esters (lactones) is 1. The van der Waals surface area contributed by atoms with E-state index in [-0.39, 0.29) is 11.9 Å². The van der Waals surface area contributed by atoms with Crippen LogP contribution >= 0.6 is 0 Å². The van der Waals surface area contributed by atoms with Crippen molar-refractivity contribution >= 4 is 5.97 Å². The smallest absolute Gasteiger partial charge is 0.310 e. The third-order valence-corrected chi connectivity index (χ3v) is 4.58. The monoisotopic (exact) mass is 294 g/mol. The number of rotatable bonds is 3. The van der Waals surface area contributed by atoms with Crippen molar-refractivity contribution in [3.8, 4) is 11.3 Å². The Kier molecular flexibility index (Phi) is 3.39. The van der Waals surface area contributed by atoms with E-state index in [4.69, 9.17) is 4.74 Å². The van der Waals surface area contributed by atoms with Gasteiger partial charge in [0.2, 0.25) is 0 Å². The first-order chi connectivity index (χ1) is 10.8. The standard InChI is InChI=1S/C18H18N2O2/c21-18-16-11-20(10-15(16)12-22-18)9-13-4-6-14(7-5-13)17-3-1-2-8-19-17/h1-8,15-16H,9-12H2/t15-,16-/m1/s1. The lowest BCUT2D eigenvalue weighted by Crippen LogP contribution is -2.23. The highest BCUT2D eigenvalue weighted by molar-refractivity contribution is 5.75. The van der Waals surface area contributed by atoms with E-state index in [9.17, 15) is 4.79 Å². The minimum atomic E-state index is -0.0157. The van der Waals surface area contributed by atoms with E-state index < -0.39 is 0 Å². The second-order valence-electron chi connectivity index (χ2n) is 6.10.